The van der Waals surface area contributed by atoms with Gasteiger partial charge in [0.05, 0.1) is 0 Å². The zero-order valence-electron chi connectivity index (χ0n) is 9.70. The predicted molar refractivity (Wildman–Crippen MR) is 65.0 cm³/mol. The largest absolute Gasteiger partial charge is 0.439 e. The minimum atomic E-state index is -0.271. The maximum Gasteiger partial charge on any atom is 0.221 e. The van der Waals surface area contributed by atoms with Crippen molar-refractivity contribution in [1.29, 1.82) is 0 Å². The molecule has 17 heavy (non-hydrogen) atoms. The van der Waals surface area contributed by atoms with Crippen LogP contribution in [0.3, 0.4) is 0 Å². The first-order chi connectivity index (χ1) is 8.19. The van der Waals surface area contributed by atoms with Crippen LogP contribution in [0.1, 0.15) is 5.56 Å². The fraction of sp³-hybridized carbons (Fsp3) is 0.154. The Hall–Kier alpha value is -2.10. The first-order valence-corrected chi connectivity index (χ1v) is 5.28. The molecule has 1 heterocycles. The van der Waals surface area contributed by atoms with Gasteiger partial charge in [-0.25, -0.2) is 4.39 Å². The number of hydrogen-bond donors (Lipinski definition) is 1. The second-order valence-electron chi connectivity index (χ2n) is 3.62. The number of ether oxygens (including phenoxy) is 1. The number of aromatic nitrogens is 1. The zero-order chi connectivity index (χ0) is 12.3. The molecule has 0 saturated carbocycles. The van der Waals surface area contributed by atoms with Crippen molar-refractivity contribution in [3.8, 4) is 11.6 Å². The highest BCUT2D eigenvalue weighted by Crippen LogP contribution is 2.24. The Balaban J connectivity index is 2.25. The summed E-state index contributed by atoms with van der Waals surface area (Å²) in [4.78, 5) is 4.22. The summed E-state index contributed by atoms with van der Waals surface area (Å²) in [5.41, 5.74) is 0.738. The van der Waals surface area contributed by atoms with E-state index in [9.17, 15) is 4.39 Å². The van der Waals surface area contributed by atoms with E-state index >= 15 is 0 Å². The first-order valence-electron chi connectivity index (χ1n) is 5.28. The van der Waals surface area contributed by atoms with Crippen molar-refractivity contribution in [3.05, 3.63) is 47.8 Å². The lowest BCUT2D eigenvalue weighted by molar-refractivity contribution is 0.458. The van der Waals surface area contributed by atoms with E-state index in [0.29, 0.717) is 11.6 Å². The molecule has 0 atom stereocenters. The molecule has 0 amide bonds. The van der Waals surface area contributed by atoms with E-state index in [1.807, 2.05) is 12.1 Å². The number of rotatable bonds is 3. The Morgan fingerprint density at radius 1 is 1.24 bits per heavy atom. The Bertz CT molecular complexity index is 529. The van der Waals surface area contributed by atoms with Crippen molar-refractivity contribution < 1.29 is 9.13 Å². The SMILES string of the molecule is CNc1cccc(Oc2ccc(F)cc2C)n1. The number of aryl methyl sites for hydroxylation is 1. The van der Waals surface area contributed by atoms with E-state index in [1.54, 1.807) is 26.1 Å². The molecule has 0 radical (unpaired) electrons. The Morgan fingerprint density at radius 2 is 2.06 bits per heavy atom. The molecule has 0 saturated heterocycles. The Labute approximate surface area is 99.3 Å². The molecule has 0 unspecified atom stereocenters. The molecule has 2 aromatic rings. The number of halogens is 1. The molecular weight excluding hydrogens is 219 g/mol. The summed E-state index contributed by atoms with van der Waals surface area (Å²) in [5, 5.41) is 2.93. The lowest BCUT2D eigenvalue weighted by Gasteiger charge is -2.08. The van der Waals surface area contributed by atoms with Crippen molar-refractivity contribution in [2.45, 2.75) is 6.92 Å². The molecule has 1 aromatic heterocycles. The summed E-state index contributed by atoms with van der Waals surface area (Å²) in [6.07, 6.45) is 0. The fourth-order valence-corrected chi connectivity index (χ4v) is 1.45. The molecule has 1 aromatic carbocycles. The van der Waals surface area contributed by atoms with Crippen LogP contribution in [0.15, 0.2) is 36.4 Å². The van der Waals surface area contributed by atoms with E-state index in [4.69, 9.17) is 4.74 Å². The van der Waals surface area contributed by atoms with Crippen LogP contribution in [-0.2, 0) is 0 Å². The average Bonchev–Trinajstić information content (AvgIpc) is 2.33. The van der Waals surface area contributed by atoms with Crippen molar-refractivity contribution in [2.75, 3.05) is 12.4 Å². The fourth-order valence-electron chi connectivity index (χ4n) is 1.45. The van der Waals surface area contributed by atoms with Crippen LogP contribution >= 0.6 is 0 Å². The van der Waals surface area contributed by atoms with Gasteiger partial charge in [0.2, 0.25) is 5.88 Å². The predicted octanol–water partition coefficient (Wildman–Crippen LogP) is 3.36. The normalized spacial score (nSPS) is 10.1. The van der Waals surface area contributed by atoms with Gasteiger partial charge in [-0.3, -0.25) is 0 Å². The maximum atomic E-state index is 12.9. The van der Waals surface area contributed by atoms with E-state index in [0.717, 1.165) is 11.4 Å². The quantitative estimate of drug-likeness (QED) is 0.881. The number of anilines is 1. The molecule has 1 N–H and O–H groups in total. The molecule has 0 fully saturated rings. The highest BCUT2D eigenvalue weighted by Gasteiger charge is 2.04. The van der Waals surface area contributed by atoms with Crippen LogP contribution in [0.25, 0.3) is 0 Å². The summed E-state index contributed by atoms with van der Waals surface area (Å²) in [7, 11) is 1.79. The highest BCUT2D eigenvalue weighted by molar-refractivity contribution is 5.39. The molecule has 3 nitrogen and oxygen atoms in total. The first kappa shape index (κ1) is 11.4. The topological polar surface area (TPSA) is 34.1 Å². The van der Waals surface area contributed by atoms with Crippen LogP contribution in [-0.4, -0.2) is 12.0 Å². The monoisotopic (exact) mass is 232 g/mol. The lowest BCUT2D eigenvalue weighted by atomic mass is 10.2. The van der Waals surface area contributed by atoms with Crippen LogP contribution < -0.4 is 10.1 Å². The van der Waals surface area contributed by atoms with Crippen molar-refractivity contribution in [2.24, 2.45) is 0 Å². The van der Waals surface area contributed by atoms with Gasteiger partial charge in [-0.2, -0.15) is 4.98 Å². The molecular formula is C13H13FN2O. The van der Waals surface area contributed by atoms with Gasteiger partial charge < -0.3 is 10.1 Å². The van der Waals surface area contributed by atoms with E-state index < -0.39 is 0 Å². The number of hydrogen-bond acceptors (Lipinski definition) is 3. The molecule has 0 aliphatic rings. The average molecular weight is 232 g/mol. The Kier molecular flexibility index (Phi) is 3.23. The zero-order valence-corrected chi connectivity index (χ0v) is 9.70. The molecule has 2 rings (SSSR count). The highest BCUT2D eigenvalue weighted by atomic mass is 19.1. The third kappa shape index (κ3) is 2.72. The van der Waals surface area contributed by atoms with Crippen molar-refractivity contribution in [1.82, 2.24) is 4.98 Å². The second kappa shape index (κ2) is 4.82. The van der Waals surface area contributed by atoms with Crippen molar-refractivity contribution >= 4 is 5.82 Å². The summed E-state index contributed by atoms with van der Waals surface area (Å²) in [5.74, 6) is 1.53. The number of nitrogens with zero attached hydrogens (tertiary/aromatic N) is 1. The number of benzene rings is 1. The van der Waals surface area contributed by atoms with Crippen LogP contribution in [0.2, 0.25) is 0 Å². The lowest BCUT2D eigenvalue weighted by Crippen LogP contribution is -1.95. The Morgan fingerprint density at radius 3 is 2.76 bits per heavy atom. The minimum absolute atomic E-state index is 0.271. The van der Waals surface area contributed by atoms with Gasteiger partial charge in [-0.1, -0.05) is 6.07 Å². The van der Waals surface area contributed by atoms with Crippen LogP contribution in [0.4, 0.5) is 10.2 Å². The molecule has 0 spiro atoms. The van der Waals surface area contributed by atoms with Gasteiger partial charge in [0.25, 0.3) is 0 Å². The van der Waals surface area contributed by atoms with E-state index in [1.165, 1.54) is 12.1 Å². The molecule has 88 valence electrons. The number of pyridine rings is 1. The smallest absolute Gasteiger partial charge is 0.221 e. The third-order valence-electron chi connectivity index (χ3n) is 2.33. The second-order valence-corrected chi connectivity index (χ2v) is 3.62. The maximum absolute atomic E-state index is 12.9. The van der Waals surface area contributed by atoms with Crippen molar-refractivity contribution in [3.63, 3.8) is 0 Å². The van der Waals surface area contributed by atoms with Crippen LogP contribution in [0, 0.1) is 12.7 Å². The molecule has 0 bridgehead atoms. The number of nitrogens with one attached hydrogen (secondary N) is 1. The van der Waals surface area contributed by atoms with Gasteiger partial charge >= 0.3 is 0 Å². The van der Waals surface area contributed by atoms with Crippen LogP contribution in [0.5, 0.6) is 11.6 Å². The van der Waals surface area contributed by atoms with Gasteiger partial charge in [-0.05, 0) is 36.8 Å². The molecule has 0 aliphatic carbocycles. The summed E-state index contributed by atoms with van der Waals surface area (Å²) >= 11 is 0. The van der Waals surface area contributed by atoms with Gasteiger partial charge in [0.1, 0.15) is 17.4 Å². The molecule has 0 aliphatic heterocycles. The minimum Gasteiger partial charge on any atom is -0.439 e. The van der Waals surface area contributed by atoms with Gasteiger partial charge in [0, 0.05) is 13.1 Å². The third-order valence-corrected chi connectivity index (χ3v) is 2.33. The van der Waals surface area contributed by atoms with Gasteiger partial charge in [0.15, 0.2) is 0 Å². The van der Waals surface area contributed by atoms with Gasteiger partial charge in [-0.15, -0.1) is 0 Å². The standard InChI is InChI=1S/C13H13FN2O/c1-9-8-10(14)6-7-11(9)17-13-5-3-4-12(15-2)16-13/h3-8H,1-2H3,(H,15,16). The molecule has 4 heteroatoms. The summed E-state index contributed by atoms with van der Waals surface area (Å²) in [6.45, 7) is 1.79. The van der Waals surface area contributed by atoms with E-state index in [-0.39, 0.29) is 5.82 Å². The summed E-state index contributed by atoms with van der Waals surface area (Å²) in [6, 6.07) is 9.82. The van der Waals surface area contributed by atoms with E-state index in [2.05, 4.69) is 10.3 Å². The summed E-state index contributed by atoms with van der Waals surface area (Å²) < 4.78 is 18.5.